The molecule has 0 bridgehead atoms. The molecule has 0 saturated heterocycles. The van der Waals surface area contributed by atoms with Crippen LogP contribution in [0.2, 0.25) is 5.02 Å². The normalized spacial score (nSPS) is 14.8. The molecule has 0 aliphatic heterocycles. The lowest BCUT2D eigenvalue weighted by molar-refractivity contribution is -0.139. The van der Waals surface area contributed by atoms with Gasteiger partial charge in [0, 0.05) is 23.4 Å². The Kier molecular flexibility index (Phi) is 9.49. The number of halogens is 1. The number of nitrogens with one attached hydrogen (secondary N) is 1. The predicted octanol–water partition coefficient (Wildman–Crippen LogP) is 5.75. The second-order valence-electron chi connectivity index (χ2n) is 8.45. The van der Waals surface area contributed by atoms with Gasteiger partial charge >= 0.3 is 0 Å². The van der Waals surface area contributed by atoms with E-state index in [4.69, 9.17) is 11.6 Å². The van der Waals surface area contributed by atoms with E-state index in [0.717, 1.165) is 37.0 Å². The van der Waals surface area contributed by atoms with E-state index in [1.165, 1.54) is 11.1 Å². The maximum absolute atomic E-state index is 13.4. The molecule has 3 rings (SSSR count). The number of thioether (sulfide) groups is 1. The summed E-state index contributed by atoms with van der Waals surface area (Å²) in [5, 5.41) is 3.80. The molecule has 0 aromatic heterocycles. The quantitative estimate of drug-likeness (QED) is 0.479. The van der Waals surface area contributed by atoms with E-state index in [1.807, 2.05) is 43.3 Å². The average Bonchev–Trinajstić information content (AvgIpc) is 3.29. The molecule has 1 N–H and O–H groups in total. The summed E-state index contributed by atoms with van der Waals surface area (Å²) < 4.78 is 0. The van der Waals surface area contributed by atoms with Gasteiger partial charge in [-0.2, -0.15) is 0 Å². The Morgan fingerprint density at radius 3 is 2.41 bits per heavy atom. The standard InChI is InChI=1S/C26H33ClN2O2S/c1-3-24(26(31)28-22-13-7-8-14-22)29(16-20-11-6-9-15-23(20)27)25(30)18-32-17-21-12-5-4-10-19(21)2/h4-6,9-12,15,22,24H,3,7-8,13-14,16-18H2,1-2H3,(H,28,31)/t24-/m0/s1. The van der Waals surface area contributed by atoms with Crippen LogP contribution in [-0.4, -0.2) is 34.6 Å². The molecule has 0 unspecified atom stereocenters. The van der Waals surface area contributed by atoms with Crippen LogP contribution >= 0.6 is 23.4 Å². The van der Waals surface area contributed by atoms with Gasteiger partial charge in [0.1, 0.15) is 6.04 Å². The van der Waals surface area contributed by atoms with Crippen LogP contribution in [0.3, 0.4) is 0 Å². The van der Waals surface area contributed by atoms with E-state index < -0.39 is 6.04 Å². The molecule has 4 nitrogen and oxygen atoms in total. The van der Waals surface area contributed by atoms with Gasteiger partial charge in [0.05, 0.1) is 5.75 Å². The first-order valence-corrected chi connectivity index (χ1v) is 13.0. The Hall–Kier alpha value is -1.98. The Morgan fingerprint density at radius 1 is 1.09 bits per heavy atom. The number of nitrogens with zero attached hydrogens (tertiary/aromatic N) is 1. The third kappa shape index (κ3) is 6.76. The van der Waals surface area contributed by atoms with Crippen LogP contribution in [0.4, 0.5) is 0 Å². The zero-order valence-electron chi connectivity index (χ0n) is 19.0. The summed E-state index contributed by atoms with van der Waals surface area (Å²) in [7, 11) is 0. The van der Waals surface area contributed by atoms with Crippen molar-refractivity contribution < 1.29 is 9.59 Å². The lowest BCUT2D eigenvalue weighted by atomic mass is 10.1. The zero-order chi connectivity index (χ0) is 22.9. The highest BCUT2D eigenvalue weighted by molar-refractivity contribution is 7.99. The van der Waals surface area contributed by atoms with Gasteiger partial charge in [-0.1, -0.05) is 73.8 Å². The van der Waals surface area contributed by atoms with Crippen molar-refractivity contribution in [3.63, 3.8) is 0 Å². The Labute approximate surface area is 201 Å². The first-order valence-electron chi connectivity index (χ1n) is 11.4. The Morgan fingerprint density at radius 2 is 1.75 bits per heavy atom. The SMILES string of the molecule is CC[C@@H](C(=O)NC1CCCC1)N(Cc1ccccc1Cl)C(=O)CSCc1ccccc1C. The number of hydrogen-bond acceptors (Lipinski definition) is 3. The van der Waals surface area contributed by atoms with Crippen molar-refractivity contribution in [2.45, 2.75) is 70.3 Å². The fraction of sp³-hybridized carbons (Fsp3) is 0.462. The summed E-state index contributed by atoms with van der Waals surface area (Å²) >= 11 is 7.98. The fourth-order valence-electron chi connectivity index (χ4n) is 4.20. The number of carbonyl (C=O) groups excluding carboxylic acids is 2. The second kappa shape index (κ2) is 12.3. The highest BCUT2D eigenvalue weighted by Gasteiger charge is 2.30. The molecule has 1 atom stereocenters. The van der Waals surface area contributed by atoms with Crippen molar-refractivity contribution in [2.24, 2.45) is 0 Å². The topological polar surface area (TPSA) is 49.4 Å². The number of rotatable bonds is 10. The summed E-state index contributed by atoms with van der Waals surface area (Å²) in [6, 6.07) is 15.5. The van der Waals surface area contributed by atoms with E-state index in [2.05, 4.69) is 24.4 Å². The first-order chi connectivity index (χ1) is 15.5. The lowest BCUT2D eigenvalue weighted by Crippen LogP contribution is -2.51. The van der Waals surface area contributed by atoms with Crippen LogP contribution in [0.15, 0.2) is 48.5 Å². The van der Waals surface area contributed by atoms with Gasteiger partial charge in [-0.3, -0.25) is 9.59 Å². The minimum Gasteiger partial charge on any atom is -0.352 e. The van der Waals surface area contributed by atoms with Crippen molar-refractivity contribution in [1.82, 2.24) is 10.2 Å². The molecule has 0 radical (unpaired) electrons. The van der Waals surface area contributed by atoms with Crippen LogP contribution < -0.4 is 5.32 Å². The van der Waals surface area contributed by atoms with Gasteiger partial charge in [0.15, 0.2) is 0 Å². The molecule has 2 amide bonds. The summed E-state index contributed by atoms with van der Waals surface area (Å²) in [4.78, 5) is 28.2. The van der Waals surface area contributed by atoms with Gasteiger partial charge in [-0.15, -0.1) is 11.8 Å². The van der Waals surface area contributed by atoms with Gasteiger partial charge in [-0.25, -0.2) is 0 Å². The fourth-order valence-corrected chi connectivity index (χ4v) is 5.38. The van der Waals surface area contributed by atoms with Gasteiger partial charge in [-0.05, 0) is 48.9 Å². The molecular formula is C26H33ClN2O2S. The highest BCUT2D eigenvalue weighted by Crippen LogP contribution is 2.23. The van der Waals surface area contributed by atoms with Crippen molar-refractivity contribution in [3.8, 4) is 0 Å². The van der Waals surface area contributed by atoms with Gasteiger partial charge < -0.3 is 10.2 Å². The maximum Gasteiger partial charge on any atom is 0.243 e. The number of amides is 2. The van der Waals surface area contributed by atoms with Crippen molar-refractivity contribution in [1.29, 1.82) is 0 Å². The summed E-state index contributed by atoms with van der Waals surface area (Å²) in [5.74, 6) is 1.01. The van der Waals surface area contributed by atoms with E-state index >= 15 is 0 Å². The monoisotopic (exact) mass is 472 g/mol. The third-order valence-electron chi connectivity index (χ3n) is 6.13. The smallest absolute Gasteiger partial charge is 0.243 e. The van der Waals surface area contributed by atoms with Crippen molar-refractivity contribution >= 4 is 35.2 Å². The van der Waals surface area contributed by atoms with Gasteiger partial charge in [0.25, 0.3) is 0 Å². The first kappa shape index (κ1) is 24.7. The minimum atomic E-state index is -0.501. The van der Waals surface area contributed by atoms with E-state index in [9.17, 15) is 9.59 Å². The highest BCUT2D eigenvalue weighted by atomic mass is 35.5. The molecule has 2 aromatic carbocycles. The number of benzene rings is 2. The lowest BCUT2D eigenvalue weighted by Gasteiger charge is -2.31. The molecule has 0 spiro atoms. The molecule has 1 fully saturated rings. The maximum atomic E-state index is 13.4. The number of hydrogen-bond donors (Lipinski definition) is 1. The summed E-state index contributed by atoms with van der Waals surface area (Å²) in [6.07, 6.45) is 4.91. The summed E-state index contributed by atoms with van der Waals surface area (Å²) in [5.41, 5.74) is 3.32. The van der Waals surface area contributed by atoms with Crippen LogP contribution in [0.5, 0.6) is 0 Å². The molecule has 1 aliphatic carbocycles. The van der Waals surface area contributed by atoms with Crippen LogP contribution in [-0.2, 0) is 21.9 Å². The molecular weight excluding hydrogens is 440 g/mol. The minimum absolute atomic E-state index is 0.0306. The molecule has 6 heteroatoms. The zero-order valence-corrected chi connectivity index (χ0v) is 20.6. The van der Waals surface area contributed by atoms with Crippen molar-refractivity contribution in [3.05, 3.63) is 70.2 Å². The van der Waals surface area contributed by atoms with E-state index in [1.54, 1.807) is 16.7 Å². The largest absolute Gasteiger partial charge is 0.352 e. The number of aryl methyl sites for hydroxylation is 1. The van der Waals surface area contributed by atoms with Gasteiger partial charge in [0.2, 0.25) is 11.8 Å². The molecule has 2 aromatic rings. The number of carbonyl (C=O) groups is 2. The average molecular weight is 473 g/mol. The Bertz CT molecular complexity index is 914. The second-order valence-corrected chi connectivity index (χ2v) is 9.84. The van der Waals surface area contributed by atoms with E-state index in [-0.39, 0.29) is 17.9 Å². The summed E-state index contributed by atoms with van der Waals surface area (Å²) in [6.45, 7) is 4.38. The van der Waals surface area contributed by atoms with Crippen LogP contribution in [0, 0.1) is 6.92 Å². The molecule has 1 saturated carbocycles. The van der Waals surface area contributed by atoms with Crippen LogP contribution in [0.1, 0.15) is 55.7 Å². The van der Waals surface area contributed by atoms with E-state index in [0.29, 0.717) is 23.7 Å². The molecule has 32 heavy (non-hydrogen) atoms. The van der Waals surface area contributed by atoms with Crippen molar-refractivity contribution in [2.75, 3.05) is 5.75 Å². The third-order valence-corrected chi connectivity index (χ3v) is 7.47. The Balaban J connectivity index is 1.72. The van der Waals surface area contributed by atoms with Crippen LogP contribution in [0.25, 0.3) is 0 Å². The molecule has 172 valence electrons. The molecule has 0 heterocycles. The molecule has 1 aliphatic rings. The predicted molar refractivity (Wildman–Crippen MR) is 134 cm³/mol.